The third-order valence-corrected chi connectivity index (χ3v) is 4.63. The zero-order valence-corrected chi connectivity index (χ0v) is 12.1. The Morgan fingerprint density at radius 1 is 1.35 bits per heavy atom. The number of ether oxygens (including phenoxy) is 1. The van der Waals surface area contributed by atoms with Crippen LogP contribution in [0.3, 0.4) is 0 Å². The highest BCUT2D eigenvalue weighted by Crippen LogP contribution is 2.38. The Kier molecular flexibility index (Phi) is 4.52. The molecule has 0 aromatic heterocycles. The average molecular weight is 284 g/mol. The van der Waals surface area contributed by atoms with Crippen LogP contribution in [0.2, 0.25) is 0 Å². The monoisotopic (exact) mass is 284 g/mol. The Bertz CT molecular complexity index is 381. The van der Waals surface area contributed by atoms with E-state index in [1.807, 2.05) is 6.92 Å². The lowest BCUT2D eigenvalue weighted by atomic mass is 9.85. The topological polar surface area (TPSA) is 87.7 Å². The molecule has 0 aromatic rings. The van der Waals surface area contributed by atoms with E-state index in [1.54, 1.807) is 6.92 Å². The maximum atomic E-state index is 12.0. The second kappa shape index (κ2) is 5.99. The van der Waals surface area contributed by atoms with Crippen molar-refractivity contribution in [2.45, 2.75) is 64.1 Å². The highest BCUT2D eigenvalue weighted by Gasteiger charge is 2.46. The van der Waals surface area contributed by atoms with Crippen LogP contribution in [0.15, 0.2) is 0 Å². The molecule has 0 spiro atoms. The largest absolute Gasteiger partial charge is 0.481 e. The molecule has 0 radical (unpaired) electrons. The average Bonchev–Trinajstić information content (AvgIpc) is 3.00. The molecule has 20 heavy (non-hydrogen) atoms. The van der Waals surface area contributed by atoms with Crippen LogP contribution in [0.4, 0.5) is 4.79 Å². The Morgan fingerprint density at radius 2 is 2.10 bits per heavy atom. The van der Waals surface area contributed by atoms with Gasteiger partial charge in [-0.3, -0.25) is 4.79 Å². The van der Waals surface area contributed by atoms with Crippen molar-refractivity contribution in [3.8, 4) is 0 Å². The van der Waals surface area contributed by atoms with Crippen molar-refractivity contribution < 1.29 is 19.4 Å². The number of carbonyl (C=O) groups excluding carboxylic acids is 1. The molecule has 1 heterocycles. The van der Waals surface area contributed by atoms with E-state index in [2.05, 4.69) is 10.6 Å². The van der Waals surface area contributed by atoms with Gasteiger partial charge in [-0.15, -0.1) is 0 Å². The summed E-state index contributed by atoms with van der Waals surface area (Å²) in [6.45, 7) is 4.37. The molecule has 6 heteroatoms. The normalized spacial score (nSPS) is 34.7. The van der Waals surface area contributed by atoms with Crippen molar-refractivity contribution >= 4 is 12.0 Å². The third kappa shape index (κ3) is 3.06. The van der Waals surface area contributed by atoms with Gasteiger partial charge in [-0.1, -0.05) is 6.42 Å². The molecule has 0 aromatic carbocycles. The van der Waals surface area contributed by atoms with Gasteiger partial charge in [-0.2, -0.15) is 0 Å². The first-order valence-electron chi connectivity index (χ1n) is 7.35. The number of rotatable bonds is 4. The van der Waals surface area contributed by atoms with Crippen LogP contribution in [0.25, 0.3) is 0 Å². The Hall–Kier alpha value is -1.30. The molecule has 4 atom stereocenters. The lowest BCUT2D eigenvalue weighted by Crippen LogP contribution is -2.53. The van der Waals surface area contributed by atoms with Gasteiger partial charge in [-0.25, -0.2) is 4.79 Å². The van der Waals surface area contributed by atoms with Crippen molar-refractivity contribution in [2.75, 3.05) is 6.61 Å². The number of urea groups is 1. The molecule has 3 N–H and O–H groups in total. The van der Waals surface area contributed by atoms with E-state index < -0.39 is 11.4 Å². The van der Waals surface area contributed by atoms with Gasteiger partial charge in [0.05, 0.1) is 17.6 Å². The first kappa shape index (κ1) is 15.1. The van der Waals surface area contributed by atoms with Gasteiger partial charge in [0.1, 0.15) is 0 Å². The quantitative estimate of drug-likeness (QED) is 0.730. The van der Waals surface area contributed by atoms with Gasteiger partial charge in [0.15, 0.2) is 0 Å². The zero-order chi connectivity index (χ0) is 14.8. The molecule has 1 saturated carbocycles. The summed E-state index contributed by atoms with van der Waals surface area (Å²) >= 11 is 0. The van der Waals surface area contributed by atoms with E-state index in [1.165, 1.54) is 0 Å². The standard InChI is InChI=1S/C14H24N2O4/c1-9(10-5-4-8-20-10)15-13(19)16-11-6-3-7-14(11,2)12(17)18/h9-11H,3-8H2,1-2H3,(H,17,18)(H2,15,16,19). The molecule has 6 nitrogen and oxygen atoms in total. The van der Waals surface area contributed by atoms with Crippen LogP contribution in [0.1, 0.15) is 46.0 Å². The summed E-state index contributed by atoms with van der Waals surface area (Å²) in [6, 6.07) is -0.668. The predicted octanol–water partition coefficient (Wildman–Crippen LogP) is 1.50. The van der Waals surface area contributed by atoms with Gasteiger partial charge in [0.2, 0.25) is 0 Å². The minimum atomic E-state index is -0.857. The van der Waals surface area contributed by atoms with Gasteiger partial charge < -0.3 is 20.5 Å². The first-order chi connectivity index (χ1) is 9.43. The van der Waals surface area contributed by atoms with E-state index in [0.29, 0.717) is 12.8 Å². The predicted molar refractivity (Wildman–Crippen MR) is 73.5 cm³/mol. The van der Waals surface area contributed by atoms with Crippen LogP contribution >= 0.6 is 0 Å². The summed E-state index contributed by atoms with van der Waals surface area (Å²) in [5, 5.41) is 15.0. The number of hydrogen-bond acceptors (Lipinski definition) is 3. The molecule has 2 rings (SSSR count). The lowest BCUT2D eigenvalue weighted by molar-refractivity contribution is -0.148. The molecule has 2 aliphatic rings. The summed E-state index contributed by atoms with van der Waals surface area (Å²) in [7, 11) is 0. The number of carbonyl (C=O) groups is 2. The Balaban J connectivity index is 1.86. The molecule has 0 bridgehead atoms. The zero-order valence-electron chi connectivity index (χ0n) is 12.1. The van der Waals surface area contributed by atoms with Crippen molar-refractivity contribution in [1.29, 1.82) is 0 Å². The number of amides is 2. The number of nitrogens with one attached hydrogen (secondary N) is 2. The number of hydrogen-bond donors (Lipinski definition) is 3. The van der Waals surface area contributed by atoms with Crippen molar-refractivity contribution in [1.82, 2.24) is 10.6 Å². The van der Waals surface area contributed by atoms with Crippen LogP contribution in [0, 0.1) is 5.41 Å². The smallest absolute Gasteiger partial charge is 0.315 e. The summed E-state index contributed by atoms with van der Waals surface area (Å²) in [4.78, 5) is 23.4. The Morgan fingerprint density at radius 3 is 2.70 bits per heavy atom. The maximum Gasteiger partial charge on any atom is 0.315 e. The van der Waals surface area contributed by atoms with Gasteiger partial charge in [0, 0.05) is 12.6 Å². The van der Waals surface area contributed by atoms with E-state index in [4.69, 9.17) is 4.74 Å². The summed E-state index contributed by atoms with van der Waals surface area (Å²) in [5.41, 5.74) is -0.857. The fourth-order valence-corrected chi connectivity index (χ4v) is 3.15. The maximum absolute atomic E-state index is 12.0. The Labute approximate surface area is 119 Å². The van der Waals surface area contributed by atoms with E-state index in [0.717, 1.165) is 25.9 Å². The van der Waals surface area contributed by atoms with Crippen LogP contribution in [-0.4, -0.2) is 41.9 Å². The lowest BCUT2D eigenvalue weighted by Gasteiger charge is -2.29. The van der Waals surface area contributed by atoms with E-state index in [9.17, 15) is 14.7 Å². The number of carboxylic acids is 1. The van der Waals surface area contributed by atoms with E-state index in [-0.39, 0.29) is 24.2 Å². The van der Waals surface area contributed by atoms with Crippen LogP contribution in [-0.2, 0) is 9.53 Å². The molecular weight excluding hydrogens is 260 g/mol. The highest BCUT2D eigenvalue weighted by molar-refractivity contribution is 5.79. The summed E-state index contributed by atoms with van der Waals surface area (Å²) < 4.78 is 5.53. The molecule has 4 unspecified atom stereocenters. The fourth-order valence-electron chi connectivity index (χ4n) is 3.15. The summed E-state index contributed by atoms with van der Waals surface area (Å²) in [5.74, 6) is -0.840. The number of carboxylic acid groups (broad SMARTS) is 1. The van der Waals surface area contributed by atoms with Crippen LogP contribution in [0.5, 0.6) is 0 Å². The van der Waals surface area contributed by atoms with Gasteiger partial charge >= 0.3 is 12.0 Å². The molecule has 2 fully saturated rings. The molecular formula is C14H24N2O4. The van der Waals surface area contributed by atoms with Crippen LogP contribution < -0.4 is 10.6 Å². The second-order valence-corrected chi connectivity index (χ2v) is 6.13. The third-order valence-electron chi connectivity index (χ3n) is 4.63. The highest BCUT2D eigenvalue weighted by atomic mass is 16.5. The summed E-state index contributed by atoms with van der Waals surface area (Å²) in [6.07, 6.45) is 4.19. The molecule has 1 saturated heterocycles. The van der Waals surface area contributed by atoms with Crippen molar-refractivity contribution in [3.63, 3.8) is 0 Å². The van der Waals surface area contributed by atoms with E-state index >= 15 is 0 Å². The van der Waals surface area contributed by atoms with Crippen molar-refractivity contribution in [3.05, 3.63) is 0 Å². The fraction of sp³-hybridized carbons (Fsp3) is 0.857. The molecule has 1 aliphatic carbocycles. The van der Waals surface area contributed by atoms with Gasteiger partial charge in [-0.05, 0) is 39.5 Å². The minimum Gasteiger partial charge on any atom is -0.481 e. The molecule has 2 amide bonds. The molecule has 114 valence electrons. The van der Waals surface area contributed by atoms with Crippen molar-refractivity contribution in [2.24, 2.45) is 5.41 Å². The second-order valence-electron chi connectivity index (χ2n) is 6.13. The van der Waals surface area contributed by atoms with Gasteiger partial charge in [0.25, 0.3) is 0 Å². The number of aliphatic carboxylic acids is 1. The molecule has 1 aliphatic heterocycles. The first-order valence-corrected chi connectivity index (χ1v) is 7.35. The minimum absolute atomic E-state index is 0.0602. The SMILES string of the molecule is CC(NC(=O)NC1CCCC1(C)C(=O)O)C1CCCO1.